The molecule has 4 heterocycles. The summed E-state index contributed by atoms with van der Waals surface area (Å²) in [7, 11) is 3.06. The molecule has 1 N–H and O–H groups in total. The highest BCUT2D eigenvalue weighted by molar-refractivity contribution is 5.99. The van der Waals surface area contributed by atoms with Crippen molar-refractivity contribution in [2.45, 2.75) is 32.6 Å². The van der Waals surface area contributed by atoms with Crippen molar-refractivity contribution in [2.24, 2.45) is 14.1 Å². The molecule has 4 aromatic rings. The van der Waals surface area contributed by atoms with E-state index < -0.39 is 5.69 Å². The lowest BCUT2D eigenvalue weighted by Gasteiger charge is -2.30. The number of nitrogens with zero attached hydrogens (tertiary/aromatic N) is 4. The highest BCUT2D eigenvalue weighted by Gasteiger charge is 2.30. The van der Waals surface area contributed by atoms with E-state index in [4.69, 9.17) is 4.42 Å². The number of fused-ring (bicyclic) bond motifs is 2. The summed E-state index contributed by atoms with van der Waals surface area (Å²) in [6, 6.07) is 5.91. The second-order valence-corrected chi connectivity index (χ2v) is 8.65. The molecule has 1 aliphatic heterocycles. The maximum absolute atomic E-state index is 13.2. The fourth-order valence-electron chi connectivity index (χ4n) is 4.58. The zero-order valence-corrected chi connectivity index (χ0v) is 18.6. The molecule has 3 aromatic heterocycles. The van der Waals surface area contributed by atoms with Gasteiger partial charge in [-0.2, -0.15) is 0 Å². The van der Waals surface area contributed by atoms with Crippen molar-refractivity contribution >= 4 is 28.0 Å². The largest absolute Gasteiger partial charge is 0.451 e. The van der Waals surface area contributed by atoms with Crippen LogP contribution in [0.5, 0.6) is 0 Å². The van der Waals surface area contributed by atoms with E-state index in [1.807, 2.05) is 36.9 Å². The Kier molecular flexibility index (Phi) is 4.58. The maximum Gasteiger partial charge on any atom is 0.332 e. The Hall–Kier alpha value is -3.62. The molecule has 0 bridgehead atoms. The molecule has 166 valence electrons. The molecule has 0 unspecified atom stereocenters. The van der Waals surface area contributed by atoms with Gasteiger partial charge in [-0.3, -0.25) is 18.7 Å². The molecule has 5 rings (SSSR count). The first-order valence-electron chi connectivity index (χ1n) is 10.7. The number of carbonyl (C=O) groups is 1. The average Bonchev–Trinajstić information content (AvgIpc) is 3.38. The Bertz CT molecular complexity index is 1490. The van der Waals surface area contributed by atoms with Gasteiger partial charge in [-0.1, -0.05) is 11.6 Å². The van der Waals surface area contributed by atoms with Gasteiger partial charge in [0.15, 0.2) is 11.4 Å². The number of amides is 1. The predicted octanol–water partition coefficient (Wildman–Crippen LogP) is 2.34. The number of likely N-dealkylation sites (tertiary alicyclic amines) is 1. The maximum atomic E-state index is 13.2. The van der Waals surface area contributed by atoms with Crippen LogP contribution in [0.4, 0.5) is 0 Å². The Morgan fingerprint density at radius 2 is 1.84 bits per heavy atom. The summed E-state index contributed by atoms with van der Waals surface area (Å²) in [5.74, 6) is 1.05. The molecule has 0 spiro atoms. The first-order valence-corrected chi connectivity index (χ1v) is 10.7. The molecule has 9 heteroatoms. The summed E-state index contributed by atoms with van der Waals surface area (Å²) < 4.78 is 8.34. The topological polar surface area (TPSA) is 106 Å². The van der Waals surface area contributed by atoms with E-state index in [1.54, 1.807) is 7.05 Å². The number of hydrogen-bond acceptors (Lipinski definition) is 5. The SMILES string of the molecule is Cc1ccc2oc(C(=O)N3CCC(c4nc5c([nH]4)c(=O)n(C)c(=O)n5C)CC3)c(C)c2c1. The standard InChI is InChI=1S/C23H25N5O4/c1-12-5-6-16-15(11-12)13(2)18(32-16)22(30)28-9-7-14(8-10-28)19-24-17-20(25-19)26(3)23(31)27(4)21(17)29/h5-6,11,14H,7-10H2,1-4H3,(H,24,25). The van der Waals surface area contributed by atoms with E-state index in [0.717, 1.165) is 26.7 Å². The summed E-state index contributed by atoms with van der Waals surface area (Å²) in [4.78, 5) is 47.2. The van der Waals surface area contributed by atoms with Crippen LogP contribution in [0.3, 0.4) is 0 Å². The highest BCUT2D eigenvalue weighted by atomic mass is 16.3. The van der Waals surface area contributed by atoms with E-state index in [2.05, 4.69) is 9.97 Å². The third-order valence-electron chi connectivity index (χ3n) is 6.57. The van der Waals surface area contributed by atoms with Gasteiger partial charge < -0.3 is 14.3 Å². The number of nitrogens with one attached hydrogen (secondary N) is 1. The number of benzene rings is 1. The van der Waals surface area contributed by atoms with E-state index in [9.17, 15) is 14.4 Å². The Balaban J connectivity index is 1.38. The molecule has 1 aromatic carbocycles. The molecule has 32 heavy (non-hydrogen) atoms. The Labute approximate surface area is 183 Å². The molecule has 1 aliphatic rings. The number of rotatable bonds is 2. The van der Waals surface area contributed by atoms with Crippen molar-refractivity contribution in [3.8, 4) is 0 Å². The van der Waals surface area contributed by atoms with Gasteiger partial charge >= 0.3 is 5.69 Å². The molecule has 1 amide bonds. The molecule has 0 aliphatic carbocycles. The normalized spacial score (nSPS) is 15.2. The van der Waals surface area contributed by atoms with Crippen molar-refractivity contribution in [1.29, 1.82) is 0 Å². The van der Waals surface area contributed by atoms with Gasteiger partial charge in [-0.15, -0.1) is 0 Å². The summed E-state index contributed by atoms with van der Waals surface area (Å²) in [5, 5.41) is 0.970. The molecular weight excluding hydrogens is 410 g/mol. The van der Waals surface area contributed by atoms with Crippen LogP contribution in [0, 0.1) is 13.8 Å². The number of carbonyl (C=O) groups excluding carboxylic acids is 1. The molecule has 0 radical (unpaired) electrons. The highest BCUT2D eigenvalue weighted by Crippen LogP contribution is 2.31. The fraction of sp³-hybridized carbons (Fsp3) is 0.391. The van der Waals surface area contributed by atoms with Crippen LogP contribution in [0.25, 0.3) is 22.1 Å². The van der Waals surface area contributed by atoms with Crippen LogP contribution in [0.2, 0.25) is 0 Å². The van der Waals surface area contributed by atoms with Gasteiger partial charge in [0.25, 0.3) is 11.5 Å². The summed E-state index contributed by atoms with van der Waals surface area (Å²) in [6.07, 6.45) is 1.41. The molecule has 1 fully saturated rings. The summed E-state index contributed by atoms with van der Waals surface area (Å²) in [5.41, 5.74) is 2.61. The number of aromatic nitrogens is 4. The third-order valence-corrected chi connectivity index (χ3v) is 6.57. The lowest BCUT2D eigenvalue weighted by Crippen LogP contribution is -2.38. The van der Waals surface area contributed by atoms with Gasteiger partial charge in [0.2, 0.25) is 0 Å². The van der Waals surface area contributed by atoms with Crippen molar-refractivity contribution in [3.63, 3.8) is 0 Å². The van der Waals surface area contributed by atoms with Gasteiger partial charge in [-0.25, -0.2) is 9.78 Å². The fourth-order valence-corrected chi connectivity index (χ4v) is 4.58. The van der Waals surface area contributed by atoms with Crippen LogP contribution in [0.1, 0.15) is 46.3 Å². The molecule has 9 nitrogen and oxygen atoms in total. The summed E-state index contributed by atoms with van der Waals surface area (Å²) >= 11 is 0. The molecular formula is C23H25N5O4. The van der Waals surface area contributed by atoms with E-state index in [0.29, 0.717) is 48.7 Å². The number of aryl methyl sites for hydroxylation is 3. The smallest absolute Gasteiger partial charge is 0.332 e. The van der Waals surface area contributed by atoms with Gasteiger partial charge in [-0.05, 0) is 38.8 Å². The number of hydrogen-bond donors (Lipinski definition) is 1. The average molecular weight is 435 g/mol. The van der Waals surface area contributed by atoms with E-state index >= 15 is 0 Å². The van der Waals surface area contributed by atoms with E-state index in [1.165, 1.54) is 11.6 Å². The zero-order valence-electron chi connectivity index (χ0n) is 18.6. The zero-order chi connectivity index (χ0) is 22.7. The van der Waals surface area contributed by atoms with Crippen LogP contribution < -0.4 is 11.2 Å². The molecule has 0 atom stereocenters. The lowest BCUT2D eigenvalue weighted by molar-refractivity contribution is 0.0680. The number of imidazole rings is 1. The molecule has 0 saturated carbocycles. The number of piperidine rings is 1. The van der Waals surface area contributed by atoms with Gasteiger partial charge in [0, 0.05) is 44.1 Å². The minimum Gasteiger partial charge on any atom is -0.451 e. The molecule has 1 saturated heterocycles. The Morgan fingerprint density at radius 1 is 1.12 bits per heavy atom. The van der Waals surface area contributed by atoms with Crippen molar-refractivity contribution in [2.75, 3.05) is 13.1 Å². The second kappa shape index (κ2) is 7.22. The third kappa shape index (κ3) is 2.99. The Morgan fingerprint density at radius 3 is 2.56 bits per heavy atom. The quantitative estimate of drug-likeness (QED) is 0.520. The monoisotopic (exact) mass is 435 g/mol. The van der Waals surface area contributed by atoms with Crippen LogP contribution >= 0.6 is 0 Å². The first-order chi connectivity index (χ1) is 15.3. The van der Waals surface area contributed by atoms with E-state index in [-0.39, 0.29) is 17.4 Å². The van der Waals surface area contributed by atoms with Gasteiger partial charge in [0.1, 0.15) is 16.9 Å². The van der Waals surface area contributed by atoms with Crippen LogP contribution in [-0.4, -0.2) is 43.0 Å². The number of aromatic amines is 1. The van der Waals surface area contributed by atoms with Crippen LogP contribution in [0.15, 0.2) is 32.2 Å². The first kappa shape index (κ1) is 20.3. The number of H-pyrrole nitrogens is 1. The van der Waals surface area contributed by atoms with Gasteiger partial charge in [0.05, 0.1) is 0 Å². The summed E-state index contributed by atoms with van der Waals surface area (Å²) in [6.45, 7) is 5.06. The lowest BCUT2D eigenvalue weighted by atomic mass is 9.96. The second-order valence-electron chi connectivity index (χ2n) is 8.65. The van der Waals surface area contributed by atoms with Crippen molar-refractivity contribution in [3.05, 3.63) is 61.7 Å². The van der Waals surface area contributed by atoms with Crippen LogP contribution in [-0.2, 0) is 14.1 Å². The predicted molar refractivity (Wildman–Crippen MR) is 120 cm³/mol. The van der Waals surface area contributed by atoms with Crippen molar-refractivity contribution < 1.29 is 9.21 Å². The minimum absolute atomic E-state index is 0.0747. The van der Waals surface area contributed by atoms with Crippen molar-refractivity contribution in [1.82, 2.24) is 24.0 Å². The minimum atomic E-state index is -0.405. The number of furan rings is 1.